The van der Waals surface area contributed by atoms with Crippen molar-refractivity contribution in [1.29, 1.82) is 0 Å². The third-order valence-corrected chi connectivity index (χ3v) is 4.43. The van der Waals surface area contributed by atoms with E-state index in [1.165, 1.54) is 17.7 Å². The highest BCUT2D eigenvalue weighted by molar-refractivity contribution is 5.91. The molecule has 1 saturated heterocycles. The Morgan fingerprint density at radius 1 is 1.43 bits per heavy atom. The molecule has 1 aliphatic heterocycles. The van der Waals surface area contributed by atoms with Gasteiger partial charge >= 0.3 is 0 Å². The fraction of sp³-hybridized carbons (Fsp3) is 0.600. The first kappa shape index (κ1) is 17.0. The Kier molecular flexibility index (Phi) is 4.44. The van der Waals surface area contributed by atoms with Crippen LogP contribution in [0.4, 0.5) is 0 Å². The van der Waals surface area contributed by atoms with Crippen LogP contribution in [0.5, 0.6) is 0 Å². The molecule has 1 radical (unpaired) electrons. The van der Waals surface area contributed by atoms with Gasteiger partial charge in [-0.15, -0.1) is 0 Å². The lowest BCUT2D eigenvalue weighted by molar-refractivity contribution is -0.139. The Hall–Kier alpha value is -2.38. The van der Waals surface area contributed by atoms with E-state index < -0.39 is 11.4 Å². The van der Waals surface area contributed by atoms with Gasteiger partial charge in [0.25, 0.3) is 5.91 Å². The molecule has 0 saturated carbocycles. The number of imidazole rings is 1. The number of amides is 3. The standard InChI is InChI=1S/C15H22N5O3/c1-10(21)18(4)11-5-7-19(9-11)14(23)15(2,3)20-8-6-17-13(20)12(16)22/h8,11H,5,7,9H2,1-4H3,(H2,16,22). The summed E-state index contributed by atoms with van der Waals surface area (Å²) in [6.45, 7) is 5.96. The number of carbonyl (C=O) groups excluding carboxylic acids is 3. The zero-order chi connectivity index (χ0) is 17.4. The zero-order valence-electron chi connectivity index (χ0n) is 13.9. The molecule has 8 nitrogen and oxygen atoms in total. The summed E-state index contributed by atoms with van der Waals surface area (Å²) in [4.78, 5) is 42.9. The molecule has 2 N–H and O–H groups in total. The second-order valence-electron chi connectivity index (χ2n) is 6.31. The maximum Gasteiger partial charge on any atom is 0.284 e. The average Bonchev–Trinajstić information content (AvgIpc) is 3.14. The number of hydrogen-bond donors (Lipinski definition) is 1. The third kappa shape index (κ3) is 3.06. The molecule has 1 aliphatic rings. The van der Waals surface area contributed by atoms with Crippen molar-refractivity contribution in [3.63, 3.8) is 0 Å². The third-order valence-electron chi connectivity index (χ3n) is 4.43. The van der Waals surface area contributed by atoms with Crippen LogP contribution < -0.4 is 5.73 Å². The largest absolute Gasteiger partial charge is 0.363 e. The summed E-state index contributed by atoms with van der Waals surface area (Å²) >= 11 is 0. The van der Waals surface area contributed by atoms with E-state index in [2.05, 4.69) is 11.2 Å². The van der Waals surface area contributed by atoms with Crippen molar-refractivity contribution in [3.05, 3.63) is 18.2 Å². The van der Waals surface area contributed by atoms with Crippen molar-refractivity contribution in [2.45, 2.75) is 38.8 Å². The molecule has 125 valence electrons. The highest BCUT2D eigenvalue weighted by Gasteiger charge is 2.39. The van der Waals surface area contributed by atoms with E-state index in [-0.39, 0.29) is 23.7 Å². The fourth-order valence-corrected chi connectivity index (χ4v) is 2.85. The number of hydrogen-bond acceptors (Lipinski definition) is 4. The van der Waals surface area contributed by atoms with Crippen LogP contribution >= 0.6 is 0 Å². The Bertz CT molecular complexity index is 637. The highest BCUT2D eigenvalue weighted by atomic mass is 16.2. The van der Waals surface area contributed by atoms with Crippen LogP contribution in [0.1, 0.15) is 37.8 Å². The molecule has 0 aliphatic carbocycles. The van der Waals surface area contributed by atoms with E-state index in [9.17, 15) is 14.4 Å². The normalized spacial score (nSPS) is 18.1. The lowest BCUT2D eigenvalue weighted by Crippen LogP contribution is -2.48. The number of likely N-dealkylation sites (N-methyl/N-ethyl adjacent to an activating group) is 1. The van der Waals surface area contributed by atoms with Gasteiger partial charge < -0.3 is 20.1 Å². The minimum Gasteiger partial charge on any atom is -0.363 e. The molecule has 2 heterocycles. The van der Waals surface area contributed by atoms with Crippen LogP contribution in [0.2, 0.25) is 0 Å². The fourth-order valence-electron chi connectivity index (χ4n) is 2.85. The highest BCUT2D eigenvalue weighted by Crippen LogP contribution is 2.24. The number of nitrogens with two attached hydrogens (primary N) is 1. The monoisotopic (exact) mass is 320 g/mol. The number of primary amides is 1. The Morgan fingerprint density at radius 3 is 2.65 bits per heavy atom. The van der Waals surface area contributed by atoms with E-state index in [4.69, 9.17) is 5.73 Å². The van der Waals surface area contributed by atoms with Gasteiger partial charge in [0.1, 0.15) is 11.7 Å². The minimum atomic E-state index is -1.01. The molecular weight excluding hydrogens is 298 g/mol. The van der Waals surface area contributed by atoms with E-state index in [1.54, 1.807) is 30.7 Å². The lowest BCUT2D eigenvalue weighted by atomic mass is 10.0. The van der Waals surface area contributed by atoms with Crippen LogP contribution in [0.3, 0.4) is 0 Å². The molecule has 8 heteroatoms. The SMILES string of the molecule is CC(=O)N(C)C1CCN(C(=O)C(C)(C)n2c[c]nc2C(N)=O)C1. The molecule has 23 heavy (non-hydrogen) atoms. The van der Waals surface area contributed by atoms with Gasteiger partial charge in [-0.05, 0) is 20.3 Å². The molecule has 1 atom stereocenters. The summed E-state index contributed by atoms with van der Waals surface area (Å²) in [5.41, 5.74) is 4.28. The van der Waals surface area contributed by atoms with E-state index in [0.29, 0.717) is 13.1 Å². The molecule has 1 unspecified atom stereocenters. The van der Waals surface area contributed by atoms with Crippen LogP contribution in [0.25, 0.3) is 0 Å². The van der Waals surface area contributed by atoms with Crippen molar-refractivity contribution in [3.8, 4) is 0 Å². The van der Waals surface area contributed by atoms with Gasteiger partial charge in [-0.2, -0.15) is 0 Å². The second-order valence-corrected chi connectivity index (χ2v) is 6.31. The zero-order valence-corrected chi connectivity index (χ0v) is 13.9. The summed E-state index contributed by atoms with van der Waals surface area (Å²) in [6, 6.07) is 0.0113. The number of aromatic nitrogens is 2. The Labute approximate surface area is 135 Å². The summed E-state index contributed by atoms with van der Waals surface area (Å²) in [7, 11) is 1.74. The summed E-state index contributed by atoms with van der Waals surface area (Å²) in [5, 5.41) is 0. The van der Waals surface area contributed by atoms with Gasteiger partial charge in [-0.1, -0.05) is 0 Å². The minimum absolute atomic E-state index is 0.0000454. The van der Waals surface area contributed by atoms with Crippen LogP contribution in [-0.2, 0) is 15.1 Å². The average molecular weight is 320 g/mol. The molecule has 1 aromatic heterocycles. The van der Waals surface area contributed by atoms with Gasteiger partial charge in [0, 0.05) is 33.3 Å². The maximum absolute atomic E-state index is 12.9. The predicted octanol–water partition coefficient (Wildman–Crippen LogP) is -0.404. The first-order valence-electron chi connectivity index (χ1n) is 7.44. The molecule has 0 spiro atoms. The molecule has 1 aromatic rings. The molecule has 3 amide bonds. The predicted molar refractivity (Wildman–Crippen MR) is 82.3 cm³/mol. The van der Waals surface area contributed by atoms with E-state index in [1.807, 2.05) is 0 Å². The summed E-state index contributed by atoms with van der Waals surface area (Å²) in [6.07, 6.45) is 4.75. The maximum atomic E-state index is 12.9. The van der Waals surface area contributed by atoms with Crippen molar-refractivity contribution < 1.29 is 14.4 Å². The molecular formula is C15H22N5O3. The van der Waals surface area contributed by atoms with Crippen LogP contribution in [0.15, 0.2) is 6.20 Å². The molecule has 1 fully saturated rings. The number of nitrogens with zero attached hydrogens (tertiary/aromatic N) is 4. The topological polar surface area (TPSA) is 102 Å². The number of likely N-dealkylation sites (tertiary alicyclic amines) is 1. The first-order chi connectivity index (χ1) is 10.7. The smallest absolute Gasteiger partial charge is 0.284 e. The van der Waals surface area contributed by atoms with E-state index >= 15 is 0 Å². The van der Waals surface area contributed by atoms with Crippen molar-refractivity contribution in [2.75, 3.05) is 20.1 Å². The molecule has 0 bridgehead atoms. The Morgan fingerprint density at radius 2 is 2.09 bits per heavy atom. The van der Waals surface area contributed by atoms with Crippen LogP contribution in [0, 0.1) is 6.20 Å². The van der Waals surface area contributed by atoms with Crippen molar-refractivity contribution in [2.24, 2.45) is 5.73 Å². The first-order valence-corrected chi connectivity index (χ1v) is 7.44. The van der Waals surface area contributed by atoms with Gasteiger partial charge in [0.15, 0.2) is 5.82 Å². The summed E-state index contributed by atoms with van der Waals surface area (Å²) in [5.74, 6) is -0.877. The molecule has 0 aromatic carbocycles. The van der Waals surface area contributed by atoms with Gasteiger partial charge in [0.05, 0.1) is 6.04 Å². The van der Waals surface area contributed by atoms with Crippen molar-refractivity contribution >= 4 is 17.7 Å². The summed E-state index contributed by atoms with van der Waals surface area (Å²) < 4.78 is 1.44. The second kappa shape index (κ2) is 6.02. The molecule has 2 rings (SSSR count). The van der Waals surface area contributed by atoms with Gasteiger partial charge in [-0.3, -0.25) is 14.4 Å². The Balaban J connectivity index is 2.18. The van der Waals surface area contributed by atoms with Gasteiger partial charge in [0.2, 0.25) is 11.8 Å². The van der Waals surface area contributed by atoms with Crippen LogP contribution in [-0.4, -0.2) is 63.3 Å². The number of carbonyl (C=O) groups is 3. The van der Waals surface area contributed by atoms with E-state index in [0.717, 1.165) is 6.42 Å². The van der Waals surface area contributed by atoms with Crippen molar-refractivity contribution in [1.82, 2.24) is 19.4 Å². The quantitative estimate of drug-likeness (QED) is 0.815. The lowest BCUT2D eigenvalue weighted by Gasteiger charge is -2.32. The number of rotatable bonds is 4. The van der Waals surface area contributed by atoms with Gasteiger partial charge in [-0.25, -0.2) is 4.98 Å².